The van der Waals surface area contributed by atoms with Gasteiger partial charge in [0.15, 0.2) is 0 Å². The van der Waals surface area contributed by atoms with Crippen molar-refractivity contribution in [2.24, 2.45) is 0 Å². The lowest BCUT2D eigenvalue weighted by molar-refractivity contribution is 0.822. The van der Waals surface area contributed by atoms with Gasteiger partial charge in [-0.3, -0.25) is 0 Å². The summed E-state index contributed by atoms with van der Waals surface area (Å²) in [6.45, 7) is 6.17. The number of unbranched alkanes of at least 4 members (excludes halogenated alkanes) is 2. The second-order valence-electron chi connectivity index (χ2n) is 10.8. The van der Waals surface area contributed by atoms with Crippen molar-refractivity contribution in [3.63, 3.8) is 0 Å². The molecule has 0 saturated heterocycles. The molecule has 0 atom stereocenters. The third-order valence-electron chi connectivity index (χ3n) is 8.01. The van der Waals surface area contributed by atoms with Crippen molar-refractivity contribution < 1.29 is 0 Å². The first-order valence-corrected chi connectivity index (χ1v) is 14.7. The average molecular weight is 531 g/mol. The van der Waals surface area contributed by atoms with E-state index >= 15 is 0 Å². The second-order valence-corrected chi connectivity index (χ2v) is 10.8. The van der Waals surface area contributed by atoms with Gasteiger partial charge < -0.3 is 10.6 Å². The second kappa shape index (κ2) is 11.5. The standard InChI is InChI=1S/C34H38N6/c1-3-5-22-35-30-14-10-13-29-31(28-19-24-37-33(38-28)36-23-6-4-2)32(39-40(29)30)25-15-17-27(18-16-25)34(20-21-34)26-11-8-7-9-12-26/h7-19,24,35H,3-6,20-23H2,1-2H3,(H,36,37,38). The molecule has 3 heterocycles. The number of benzene rings is 2. The first kappa shape index (κ1) is 26.1. The van der Waals surface area contributed by atoms with Crippen molar-refractivity contribution >= 4 is 17.3 Å². The van der Waals surface area contributed by atoms with E-state index in [-0.39, 0.29) is 5.41 Å². The minimum absolute atomic E-state index is 0.142. The molecule has 1 aliphatic carbocycles. The topological polar surface area (TPSA) is 67.1 Å². The first-order valence-electron chi connectivity index (χ1n) is 14.7. The molecule has 40 heavy (non-hydrogen) atoms. The van der Waals surface area contributed by atoms with Gasteiger partial charge in [0, 0.05) is 30.3 Å². The summed E-state index contributed by atoms with van der Waals surface area (Å²) in [4.78, 5) is 9.42. The van der Waals surface area contributed by atoms with Crippen molar-refractivity contribution in [3.05, 3.63) is 96.2 Å². The number of hydrogen-bond acceptors (Lipinski definition) is 5. The fourth-order valence-electron chi connectivity index (χ4n) is 5.58. The largest absolute Gasteiger partial charge is 0.370 e. The van der Waals surface area contributed by atoms with Crippen LogP contribution in [0.25, 0.3) is 28.0 Å². The van der Waals surface area contributed by atoms with Crippen LogP contribution in [0.3, 0.4) is 0 Å². The lowest BCUT2D eigenvalue weighted by Crippen LogP contribution is -2.08. The predicted molar refractivity (Wildman–Crippen MR) is 165 cm³/mol. The lowest BCUT2D eigenvalue weighted by Gasteiger charge is -2.17. The highest BCUT2D eigenvalue weighted by Gasteiger charge is 2.45. The molecule has 0 aliphatic heterocycles. The number of aromatic nitrogens is 4. The molecule has 1 aliphatic rings. The van der Waals surface area contributed by atoms with Gasteiger partial charge in [0.1, 0.15) is 11.5 Å². The first-order chi connectivity index (χ1) is 19.7. The van der Waals surface area contributed by atoms with Crippen LogP contribution in [0.2, 0.25) is 0 Å². The zero-order chi connectivity index (χ0) is 27.4. The number of fused-ring (bicyclic) bond motifs is 1. The van der Waals surface area contributed by atoms with Gasteiger partial charge >= 0.3 is 0 Å². The van der Waals surface area contributed by atoms with Crippen LogP contribution in [0.1, 0.15) is 63.5 Å². The van der Waals surface area contributed by atoms with Gasteiger partial charge in [0.05, 0.1) is 16.8 Å². The van der Waals surface area contributed by atoms with E-state index < -0.39 is 0 Å². The molecule has 0 amide bonds. The molecule has 6 heteroatoms. The molecule has 0 spiro atoms. The summed E-state index contributed by atoms with van der Waals surface area (Å²) in [5.74, 6) is 1.65. The van der Waals surface area contributed by atoms with Crippen molar-refractivity contribution in [1.82, 2.24) is 19.6 Å². The molecule has 1 saturated carbocycles. The van der Waals surface area contributed by atoms with E-state index in [1.165, 1.54) is 24.0 Å². The fourth-order valence-corrected chi connectivity index (χ4v) is 5.58. The number of anilines is 2. The number of nitrogens with one attached hydrogen (secondary N) is 2. The summed E-state index contributed by atoms with van der Waals surface area (Å²) < 4.78 is 2.03. The Bertz CT molecular complexity index is 1570. The number of rotatable bonds is 12. The van der Waals surface area contributed by atoms with Crippen molar-refractivity contribution in [3.8, 4) is 22.5 Å². The van der Waals surface area contributed by atoms with Crippen molar-refractivity contribution in [1.29, 1.82) is 0 Å². The highest BCUT2D eigenvalue weighted by Crippen LogP contribution is 2.53. The van der Waals surface area contributed by atoms with Crippen LogP contribution >= 0.6 is 0 Å². The Hall–Kier alpha value is -4.19. The van der Waals surface area contributed by atoms with E-state index in [0.29, 0.717) is 5.95 Å². The fraction of sp³-hybridized carbons (Fsp3) is 0.324. The Labute approximate surface area is 236 Å². The Morgan fingerprint density at radius 2 is 1.50 bits per heavy atom. The lowest BCUT2D eigenvalue weighted by atomic mass is 9.87. The van der Waals surface area contributed by atoms with E-state index in [0.717, 1.165) is 72.6 Å². The summed E-state index contributed by atoms with van der Waals surface area (Å²) in [5, 5.41) is 12.2. The molecular weight excluding hydrogens is 492 g/mol. The average Bonchev–Trinajstić information content (AvgIpc) is 3.72. The minimum atomic E-state index is 0.142. The SMILES string of the molecule is CCCCNc1nccc(-c2c(-c3ccc(C4(c5ccccc5)CC4)cc3)nn3c(NCCCC)cccc23)n1. The van der Waals surface area contributed by atoms with E-state index in [9.17, 15) is 0 Å². The Kier molecular flexibility index (Phi) is 7.49. The zero-order valence-electron chi connectivity index (χ0n) is 23.5. The Morgan fingerprint density at radius 1 is 0.775 bits per heavy atom. The van der Waals surface area contributed by atoms with Gasteiger partial charge in [-0.25, -0.2) is 14.5 Å². The summed E-state index contributed by atoms with van der Waals surface area (Å²) in [5.41, 5.74) is 7.87. The molecule has 5 aromatic rings. The van der Waals surface area contributed by atoms with Gasteiger partial charge in [-0.2, -0.15) is 5.10 Å². The van der Waals surface area contributed by atoms with Crippen LogP contribution in [0.4, 0.5) is 11.8 Å². The molecule has 0 radical (unpaired) electrons. The molecule has 2 aromatic carbocycles. The third-order valence-corrected chi connectivity index (χ3v) is 8.01. The zero-order valence-corrected chi connectivity index (χ0v) is 23.5. The van der Waals surface area contributed by atoms with Crippen LogP contribution < -0.4 is 10.6 Å². The van der Waals surface area contributed by atoms with Gasteiger partial charge in [0.2, 0.25) is 5.95 Å². The molecule has 0 bridgehead atoms. The molecule has 1 fully saturated rings. The van der Waals surface area contributed by atoms with Crippen LogP contribution in [-0.4, -0.2) is 32.7 Å². The van der Waals surface area contributed by atoms with E-state index in [1.54, 1.807) is 0 Å². The predicted octanol–water partition coefficient (Wildman–Crippen LogP) is 7.96. The molecule has 3 aromatic heterocycles. The molecule has 6 rings (SSSR count). The third kappa shape index (κ3) is 5.06. The molecule has 2 N–H and O–H groups in total. The van der Waals surface area contributed by atoms with Crippen LogP contribution in [0.15, 0.2) is 85.1 Å². The minimum Gasteiger partial charge on any atom is -0.370 e. The Balaban J connectivity index is 1.43. The highest BCUT2D eigenvalue weighted by molar-refractivity contribution is 5.91. The monoisotopic (exact) mass is 530 g/mol. The molecule has 204 valence electrons. The Morgan fingerprint density at radius 3 is 2.23 bits per heavy atom. The van der Waals surface area contributed by atoms with E-state index in [4.69, 9.17) is 10.1 Å². The summed E-state index contributed by atoms with van der Waals surface area (Å²) in [7, 11) is 0. The van der Waals surface area contributed by atoms with Gasteiger partial charge in [0.25, 0.3) is 0 Å². The van der Waals surface area contributed by atoms with E-state index in [1.807, 2.05) is 16.8 Å². The molecule has 6 nitrogen and oxygen atoms in total. The van der Waals surface area contributed by atoms with Crippen LogP contribution in [0, 0.1) is 0 Å². The maximum absolute atomic E-state index is 5.18. The summed E-state index contributed by atoms with van der Waals surface area (Å²) in [6, 6.07) is 28.3. The van der Waals surface area contributed by atoms with Crippen molar-refractivity contribution in [2.75, 3.05) is 23.7 Å². The van der Waals surface area contributed by atoms with Crippen LogP contribution in [0.5, 0.6) is 0 Å². The quantitative estimate of drug-likeness (QED) is 0.160. The summed E-state index contributed by atoms with van der Waals surface area (Å²) in [6.07, 6.45) is 8.69. The van der Waals surface area contributed by atoms with Crippen molar-refractivity contribution in [2.45, 2.75) is 57.8 Å². The smallest absolute Gasteiger partial charge is 0.223 e. The highest BCUT2D eigenvalue weighted by atomic mass is 15.3. The number of nitrogens with zero attached hydrogens (tertiary/aromatic N) is 4. The normalized spacial score (nSPS) is 13.8. The molecular formula is C34H38N6. The summed E-state index contributed by atoms with van der Waals surface area (Å²) >= 11 is 0. The van der Waals surface area contributed by atoms with Gasteiger partial charge in [-0.05, 0) is 55.0 Å². The number of pyridine rings is 1. The van der Waals surface area contributed by atoms with Crippen LogP contribution in [-0.2, 0) is 5.41 Å². The van der Waals surface area contributed by atoms with E-state index in [2.05, 4.69) is 102 Å². The number of hydrogen-bond donors (Lipinski definition) is 2. The maximum atomic E-state index is 5.18. The molecule has 0 unspecified atom stereocenters. The van der Waals surface area contributed by atoms with Gasteiger partial charge in [-0.1, -0.05) is 87.4 Å². The van der Waals surface area contributed by atoms with Gasteiger partial charge in [-0.15, -0.1) is 0 Å². The maximum Gasteiger partial charge on any atom is 0.223 e.